The molecule has 0 aromatic heterocycles. The van der Waals surface area contributed by atoms with Gasteiger partial charge in [0.05, 0.1) is 22.5 Å². The van der Waals surface area contributed by atoms with E-state index in [0.717, 1.165) is 35.8 Å². The molecule has 0 spiro atoms. The average Bonchev–Trinajstić information content (AvgIpc) is 2.80. The molecule has 13 heteroatoms. The summed E-state index contributed by atoms with van der Waals surface area (Å²) in [6.07, 6.45) is -2.55. The molecule has 0 unspecified atom stereocenters. The second-order valence-corrected chi connectivity index (χ2v) is 10.7. The number of rotatable bonds is 11. The minimum Gasteiger partial charge on any atom is -0.354 e. The molecule has 204 valence electrons. The molecular formula is C24H28ClF4N3O4S. The van der Waals surface area contributed by atoms with Gasteiger partial charge in [-0.1, -0.05) is 37.1 Å². The van der Waals surface area contributed by atoms with Crippen LogP contribution in [0.5, 0.6) is 0 Å². The van der Waals surface area contributed by atoms with Crippen molar-refractivity contribution < 1.29 is 35.6 Å². The van der Waals surface area contributed by atoms with Gasteiger partial charge in [-0.3, -0.25) is 13.9 Å². The van der Waals surface area contributed by atoms with Crippen molar-refractivity contribution in [3.8, 4) is 0 Å². The van der Waals surface area contributed by atoms with Gasteiger partial charge >= 0.3 is 6.18 Å². The number of hydrogen-bond acceptors (Lipinski definition) is 4. The van der Waals surface area contributed by atoms with Gasteiger partial charge in [-0.25, -0.2) is 12.8 Å². The molecule has 0 radical (unpaired) electrons. The van der Waals surface area contributed by atoms with Crippen LogP contribution in [0.3, 0.4) is 0 Å². The van der Waals surface area contributed by atoms with E-state index < -0.39 is 57.7 Å². The second kappa shape index (κ2) is 12.6. The van der Waals surface area contributed by atoms with Crippen molar-refractivity contribution in [3.05, 3.63) is 64.4 Å². The smallest absolute Gasteiger partial charge is 0.354 e. The average molecular weight is 566 g/mol. The Morgan fingerprint density at radius 1 is 1.11 bits per heavy atom. The van der Waals surface area contributed by atoms with E-state index in [1.807, 2.05) is 6.92 Å². The summed E-state index contributed by atoms with van der Waals surface area (Å²) in [7, 11) is -4.29. The molecule has 2 aromatic carbocycles. The van der Waals surface area contributed by atoms with Crippen molar-refractivity contribution in [2.24, 2.45) is 0 Å². The number of nitrogens with one attached hydrogen (secondary N) is 1. The lowest BCUT2D eigenvalue weighted by Gasteiger charge is -2.32. The van der Waals surface area contributed by atoms with Crippen molar-refractivity contribution in [1.82, 2.24) is 10.2 Å². The van der Waals surface area contributed by atoms with Crippen molar-refractivity contribution >= 4 is 39.1 Å². The maximum Gasteiger partial charge on any atom is 0.416 e. The van der Waals surface area contributed by atoms with Gasteiger partial charge in [0.25, 0.3) is 0 Å². The fourth-order valence-electron chi connectivity index (χ4n) is 3.38. The number of carbonyl (C=O) groups is 2. The molecular weight excluding hydrogens is 538 g/mol. The summed E-state index contributed by atoms with van der Waals surface area (Å²) in [5.41, 5.74) is -1.24. The largest absolute Gasteiger partial charge is 0.416 e. The van der Waals surface area contributed by atoms with Gasteiger partial charge in [-0.05, 0) is 49.2 Å². The Kier molecular flexibility index (Phi) is 10.3. The van der Waals surface area contributed by atoms with Crippen LogP contribution >= 0.6 is 11.6 Å². The number of nitrogens with zero attached hydrogens (tertiary/aromatic N) is 2. The number of anilines is 1. The number of carbonyl (C=O) groups excluding carboxylic acids is 2. The fourth-order valence-corrected chi connectivity index (χ4v) is 4.50. The highest BCUT2D eigenvalue weighted by molar-refractivity contribution is 7.92. The summed E-state index contributed by atoms with van der Waals surface area (Å²) >= 11 is 6.04. The van der Waals surface area contributed by atoms with Crippen LogP contribution in [-0.4, -0.2) is 50.5 Å². The summed E-state index contributed by atoms with van der Waals surface area (Å²) in [6.45, 7) is 2.61. The van der Waals surface area contributed by atoms with Gasteiger partial charge < -0.3 is 10.2 Å². The molecule has 2 amide bonds. The minimum absolute atomic E-state index is 0.185. The van der Waals surface area contributed by atoms with Crippen LogP contribution in [0.15, 0.2) is 42.5 Å². The van der Waals surface area contributed by atoms with E-state index in [4.69, 9.17) is 11.6 Å². The van der Waals surface area contributed by atoms with Crippen LogP contribution in [0.1, 0.15) is 37.8 Å². The molecule has 1 atom stereocenters. The van der Waals surface area contributed by atoms with Crippen LogP contribution in [0, 0.1) is 5.82 Å². The zero-order chi connectivity index (χ0) is 28.0. The molecule has 0 aliphatic heterocycles. The van der Waals surface area contributed by atoms with E-state index in [1.54, 1.807) is 0 Å². The lowest BCUT2D eigenvalue weighted by Crippen LogP contribution is -2.51. The summed E-state index contributed by atoms with van der Waals surface area (Å²) < 4.78 is 78.8. The molecule has 0 saturated carbocycles. The van der Waals surface area contributed by atoms with E-state index in [1.165, 1.54) is 19.1 Å². The first-order valence-electron chi connectivity index (χ1n) is 11.3. The number of hydrogen-bond donors (Lipinski definition) is 1. The first kappa shape index (κ1) is 30.4. The predicted molar refractivity (Wildman–Crippen MR) is 133 cm³/mol. The summed E-state index contributed by atoms with van der Waals surface area (Å²) in [5.74, 6) is -1.90. The molecule has 7 nitrogen and oxygen atoms in total. The lowest BCUT2D eigenvalue weighted by molar-refractivity contribution is -0.139. The van der Waals surface area contributed by atoms with Crippen molar-refractivity contribution in [2.45, 2.75) is 45.5 Å². The summed E-state index contributed by atoms with van der Waals surface area (Å²) in [5, 5.41) is 2.37. The van der Waals surface area contributed by atoms with Crippen molar-refractivity contribution in [2.75, 3.05) is 23.7 Å². The van der Waals surface area contributed by atoms with Gasteiger partial charge in [0, 0.05) is 13.1 Å². The number of alkyl halides is 3. The molecule has 37 heavy (non-hydrogen) atoms. The van der Waals surface area contributed by atoms with Crippen LogP contribution in [0.4, 0.5) is 23.2 Å². The highest BCUT2D eigenvalue weighted by atomic mass is 35.5. The first-order chi connectivity index (χ1) is 17.1. The standard InChI is InChI=1S/C24H28ClF4N3O4S/c1-4-5-12-30-23(34)16(2)31(14-17-6-9-19(26)10-7-17)22(33)15-32(37(3,35)36)21-13-18(24(27,28)29)8-11-20(21)25/h6-11,13,16H,4-5,12,14-15H2,1-3H3,(H,30,34)/t16-/m0/s1. The first-order valence-corrected chi connectivity index (χ1v) is 13.5. The number of halogens is 5. The third-order valence-electron chi connectivity index (χ3n) is 5.48. The Hall–Kier alpha value is -2.86. The zero-order valence-electron chi connectivity index (χ0n) is 20.5. The van der Waals surface area contributed by atoms with E-state index in [2.05, 4.69) is 5.32 Å². The Balaban J connectivity index is 2.45. The third kappa shape index (κ3) is 8.60. The molecule has 0 saturated heterocycles. The van der Waals surface area contributed by atoms with Crippen LogP contribution < -0.4 is 9.62 Å². The van der Waals surface area contributed by atoms with Crippen molar-refractivity contribution in [1.29, 1.82) is 0 Å². The van der Waals surface area contributed by atoms with E-state index >= 15 is 0 Å². The van der Waals surface area contributed by atoms with Crippen LogP contribution in [-0.2, 0) is 32.3 Å². The lowest BCUT2D eigenvalue weighted by atomic mass is 10.1. The Bertz CT molecular complexity index is 1210. The molecule has 0 fully saturated rings. The van der Waals surface area contributed by atoms with E-state index in [-0.39, 0.29) is 11.6 Å². The Morgan fingerprint density at radius 3 is 2.27 bits per heavy atom. The van der Waals surface area contributed by atoms with Crippen LogP contribution in [0.25, 0.3) is 0 Å². The molecule has 1 N–H and O–H groups in total. The molecule has 0 aliphatic carbocycles. The number of benzene rings is 2. The molecule has 0 heterocycles. The number of sulfonamides is 1. The highest BCUT2D eigenvalue weighted by Gasteiger charge is 2.34. The fraction of sp³-hybridized carbons (Fsp3) is 0.417. The van der Waals surface area contributed by atoms with Gasteiger partial charge in [0.1, 0.15) is 18.4 Å². The highest BCUT2D eigenvalue weighted by Crippen LogP contribution is 2.36. The van der Waals surface area contributed by atoms with Gasteiger partial charge in [0.2, 0.25) is 21.8 Å². The quantitative estimate of drug-likeness (QED) is 0.319. The SMILES string of the molecule is CCCCNC(=O)[C@H](C)N(Cc1ccc(F)cc1)C(=O)CN(c1cc(C(F)(F)F)ccc1Cl)S(C)(=O)=O. The van der Waals surface area contributed by atoms with Crippen LogP contribution in [0.2, 0.25) is 5.02 Å². The maximum absolute atomic E-state index is 13.4. The molecule has 0 bridgehead atoms. The second-order valence-electron chi connectivity index (χ2n) is 8.40. The van der Waals surface area contributed by atoms with Gasteiger partial charge in [-0.15, -0.1) is 0 Å². The maximum atomic E-state index is 13.4. The monoisotopic (exact) mass is 565 g/mol. The van der Waals surface area contributed by atoms with Crippen molar-refractivity contribution in [3.63, 3.8) is 0 Å². The third-order valence-corrected chi connectivity index (χ3v) is 6.93. The zero-order valence-corrected chi connectivity index (χ0v) is 22.1. The summed E-state index contributed by atoms with van der Waals surface area (Å²) in [4.78, 5) is 27.2. The van der Waals surface area contributed by atoms with Gasteiger partial charge in [-0.2, -0.15) is 13.2 Å². The van der Waals surface area contributed by atoms with Gasteiger partial charge in [0.15, 0.2) is 0 Å². The molecule has 2 rings (SSSR count). The van der Waals surface area contributed by atoms with E-state index in [9.17, 15) is 35.6 Å². The topological polar surface area (TPSA) is 86.8 Å². The predicted octanol–water partition coefficient (Wildman–Crippen LogP) is 4.60. The summed E-state index contributed by atoms with van der Waals surface area (Å²) in [6, 6.07) is 6.17. The number of unbranched alkanes of at least 4 members (excludes halogenated alkanes) is 1. The molecule has 0 aliphatic rings. The molecule has 2 aromatic rings. The normalized spacial score (nSPS) is 12.6. The Labute approximate surface area is 218 Å². The minimum atomic E-state index is -4.79. The number of amides is 2. The van der Waals surface area contributed by atoms with E-state index in [0.29, 0.717) is 35.0 Å². The Morgan fingerprint density at radius 2 is 1.73 bits per heavy atom.